The SMILES string of the molecule is CN(CC1CCOCC1)c1ccc(C(=O)O)cn1. The molecular weight excluding hydrogens is 232 g/mol. The van der Waals surface area contributed by atoms with Crippen molar-refractivity contribution in [1.29, 1.82) is 0 Å². The van der Waals surface area contributed by atoms with Gasteiger partial charge in [0.25, 0.3) is 0 Å². The average molecular weight is 250 g/mol. The van der Waals surface area contributed by atoms with Crippen molar-refractivity contribution in [2.75, 3.05) is 31.7 Å². The van der Waals surface area contributed by atoms with E-state index in [1.165, 1.54) is 6.20 Å². The third-order valence-electron chi connectivity index (χ3n) is 3.26. The summed E-state index contributed by atoms with van der Waals surface area (Å²) in [6.07, 6.45) is 3.56. The Labute approximate surface area is 106 Å². The predicted octanol–water partition coefficient (Wildman–Crippen LogP) is 1.64. The van der Waals surface area contributed by atoms with E-state index in [1.807, 2.05) is 7.05 Å². The van der Waals surface area contributed by atoms with Crippen LogP contribution in [0.1, 0.15) is 23.2 Å². The second kappa shape index (κ2) is 5.82. The van der Waals surface area contributed by atoms with Gasteiger partial charge in [-0.05, 0) is 30.9 Å². The molecule has 18 heavy (non-hydrogen) atoms. The van der Waals surface area contributed by atoms with Gasteiger partial charge in [-0.2, -0.15) is 0 Å². The Hall–Kier alpha value is -1.62. The molecule has 0 bridgehead atoms. The van der Waals surface area contributed by atoms with Crippen molar-refractivity contribution in [3.05, 3.63) is 23.9 Å². The molecule has 98 valence electrons. The zero-order valence-electron chi connectivity index (χ0n) is 10.5. The molecule has 1 aliphatic heterocycles. The van der Waals surface area contributed by atoms with E-state index in [-0.39, 0.29) is 5.56 Å². The van der Waals surface area contributed by atoms with Gasteiger partial charge in [0, 0.05) is 33.0 Å². The van der Waals surface area contributed by atoms with Crippen molar-refractivity contribution in [3.8, 4) is 0 Å². The van der Waals surface area contributed by atoms with Crippen molar-refractivity contribution in [1.82, 2.24) is 4.98 Å². The summed E-state index contributed by atoms with van der Waals surface area (Å²) in [4.78, 5) is 17.0. The molecule has 1 aromatic rings. The van der Waals surface area contributed by atoms with Crippen LogP contribution >= 0.6 is 0 Å². The largest absolute Gasteiger partial charge is 0.478 e. The molecule has 0 radical (unpaired) electrons. The molecule has 1 N–H and O–H groups in total. The lowest BCUT2D eigenvalue weighted by Crippen LogP contribution is -2.30. The summed E-state index contributed by atoms with van der Waals surface area (Å²) in [5, 5.41) is 8.81. The summed E-state index contributed by atoms with van der Waals surface area (Å²) < 4.78 is 5.33. The van der Waals surface area contributed by atoms with E-state index in [0.29, 0.717) is 5.92 Å². The van der Waals surface area contributed by atoms with Crippen molar-refractivity contribution in [2.45, 2.75) is 12.8 Å². The predicted molar refractivity (Wildman–Crippen MR) is 68.0 cm³/mol. The summed E-state index contributed by atoms with van der Waals surface area (Å²) in [6, 6.07) is 3.34. The molecule has 0 aromatic carbocycles. The topological polar surface area (TPSA) is 62.7 Å². The summed E-state index contributed by atoms with van der Waals surface area (Å²) in [7, 11) is 1.98. The molecule has 0 saturated carbocycles. The van der Waals surface area contributed by atoms with E-state index >= 15 is 0 Å². The van der Waals surface area contributed by atoms with Crippen LogP contribution in [-0.2, 0) is 4.74 Å². The maximum atomic E-state index is 10.7. The number of hydrogen-bond acceptors (Lipinski definition) is 4. The van der Waals surface area contributed by atoms with Gasteiger partial charge in [-0.3, -0.25) is 0 Å². The second-order valence-corrected chi connectivity index (χ2v) is 4.65. The van der Waals surface area contributed by atoms with Crippen LogP contribution in [0.15, 0.2) is 18.3 Å². The fourth-order valence-electron chi connectivity index (χ4n) is 2.15. The van der Waals surface area contributed by atoms with Gasteiger partial charge in [-0.1, -0.05) is 0 Å². The van der Waals surface area contributed by atoms with E-state index in [2.05, 4.69) is 9.88 Å². The van der Waals surface area contributed by atoms with Crippen molar-refractivity contribution in [3.63, 3.8) is 0 Å². The lowest BCUT2D eigenvalue weighted by molar-refractivity contribution is 0.0683. The number of carboxylic acid groups (broad SMARTS) is 1. The Morgan fingerprint density at radius 3 is 2.78 bits per heavy atom. The maximum absolute atomic E-state index is 10.7. The van der Waals surface area contributed by atoms with Crippen LogP contribution in [0.5, 0.6) is 0 Å². The number of ether oxygens (including phenoxy) is 1. The summed E-state index contributed by atoms with van der Waals surface area (Å²) in [5.74, 6) is 0.498. The van der Waals surface area contributed by atoms with Crippen molar-refractivity contribution < 1.29 is 14.6 Å². The molecule has 0 unspecified atom stereocenters. The highest BCUT2D eigenvalue weighted by molar-refractivity contribution is 5.87. The van der Waals surface area contributed by atoms with Crippen LogP contribution in [0.4, 0.5) is 5.82 Å². The number of nitrogens with zero attached hydrogens (tertiary/aromatic N) is 2. The zero-order chi connectivity index (χ0) is 13.0. The third kappa shape index (κ3) is 3.20. The monoisotopic (exact) mass is 250 g/mol. The minimum atomic E-state index is -0.943. The number of anilines is 1. The van der Waals surface area contributed by atoms with E-state index in [4.69, 9.17) is 9.84 Å². The molecule has 1 saturated heterocycles. The van der Waals surface area contributed by atoms with Crippen LogP contribution in [0.2, 0.25) is 0 Å². The fourth-order valence-corrected chi connectivity index (χ4v) is 2.15. The molecule has 5 heteroatoms. The van der Waals surface area contributed by atoms with Crippen molar-refractivity contribution in [2.24, 2.45) is 5.92 Å². The number of aromatic carboxylic acids is 1. The molecule has 0 amide bonds. The van der Waals surface area contributed by atoms with Gasteiger partial charge >= 0.3 is 5.97 Å². The van der Waals surface area contributed by atoms with Gasteiger partial charge in [0.2, 0.25) is 0 Å². The molecule has 0 atom stereocenters. The van der Waals surface area contributed by atoms with Gasteiger partial charge in [-0.15, -0.1) is 0 Å². The highest BCUT2D eigenvalue weighted by atomic mass is 16.5. The minimum Gasteiger partial charge on any atom is -0.478 e. The van der Waals surface area contributed by atoms with Crippen LogP contribution in [0.25, 0.3) is 0 Å². The van der Waals surface area contributed by atoms with Gasteiger partial charge in [-0.25, -0.2) is 9.78 Å². The van der Waals surface area contributed by atoms with Gasteiger partial charge in [0.05, 0.1) is 5.56 Å². The van der Waals surface area contributed by atoms with Crippen LogP contribution in [0.3, 0.4) is 0 Å². The van der Waals surface area contributed by atoms with E-state index in [0.717, 1.165) is 38.4 Å². The van der Waals surface area contributed by atoms with Gasteiger partial charge in [0.15, 0.2) is 0 Å². The Balaban J connectivity index is 1.95. The highest BCUT2D eigenvalue weighted by Crippen LogP contribution is 2.18. The zero-order valence-corrected chi connectivity index (χ0v) is 10.5. The number of carboxylic acids is 1. The first-order chi connectivity index (χ1) is 8.66. The molecule has 0 spiro atoms. The Morgan fingerprint density at radius 2 is 2.22 bits per heavy atom. The number of pyridine rings is 1. The third-order valence-corrected chi connectivity index (χ3v) is 3.26. The fraction of sp³-hybridized carbons (Fsp3) is 0.538. The highest BCUT2D eigenvalue weighted by Gasteiger charge is 2.16. The first-order valence-electron chi connectivity index (χ1n) is 6.15. The summed E-state index contributed by atoms with van der Waals surface area (Å²) in [6.45, 7) is 2.61. The Morgan fingerprint density at radius 1 is 1.50 bits per heavy atom. The van der Waals surface area contributed by atoms with Gasteiger partial charge in [0.1, 0.15) is 5.82 Å². The lowest BCUT2D eigenvalue weighted by Gasteiger charge is -2.27. The average Bonchev–Trinajstić information content (AvgIpc) is 2.40. The normalized spacial score (nSPS) is 16.5. The molecule has 0 aliphatic carbocycles. The Bertz CT molecular complexity index is 399. The smallest absolute Gasteiger partial charge is 0.337 e. The summed E-state index contributed by atoms with van der Waals surface area (Å²) >= 11 is 0. The first-order valence-corrected chi connectivity index (χ1v) is 6.15. The first kappa shape index (κ1) is 12.8. The van der Waals surface area contributed by atoms with E-state index in [1.54, 1.807) is 12.1 Å². The standard InChI is InChI=1S/C13H18N2O3/c1-15(9-10-4-6-18-7-5-10)12-3-2-11(8-14-12)13(16)17/h2-3,8,10H,4-7,9H2,1H3,(H,16,17). The minimum absolute atomic E-state index is 0.221. The quantitative estimate of drug-likeness (QED) is 0.880. The van der Waals surface area contributed by atoms with Gasteiger partial charge < -0.3 is 14.7 Å². The second-order valence-electron chi connectivity index (χ2n) is 4.65. The maximum Gasteiger partial charge on any atom is 0.337 e. The molecule has 2 heterocycles. The number of carbonyl (C=O) groups is 1. The Kier molecular flexibility index (Phi) is 4.15. The lowest BCUT2D eigenvalue weighted by atomic mass is 10.00. The number of aromatic nitrogens is 1. The summed E-state index contributed by atoms with van der Waals surface area (Å²) in [5.41, 5.74) is 0.221. The van der Waals surface area contributed by atoms with Crippen LogP contribution in [0, 0.1) is 5.92 Å². The van der Waals surface area contributed by atoms with E-state index < -0.39 is 5.97 Å². The molecule has 2 rings (SSSR count). The molecule has 1 fully saturated rings. The van der Waals surface area contributed by atoms with E-state index in [9.17, 15) is 4.79 Å². The van der Waals surface area contributed by atoms with Crippen molar-refractivity contribution >= 4 is 11.8 Å². The van der Waals surface area contributed by atoms with Crippen LogP contribution in [-0.4, -0.2) is 42.9 Å². The molecule has 1 aromatic heterocycles. The number of rotatable bonds is 4. The molecule has 1 aliphatic rings. The molecule has 5 nitrogen and oxygen atoms in total. The molecular formula is C13H18N2O3. The number of hydrogen-bond donors (Lipinski definition) is 1. The van der Waals surface area contributed by atoms with Crippen LogP contribution < -0.4 is 4.90 Å².